The number of nitrogens with one attached hydrogen (secondary N) is 1. The Morgan fingerprint density at radius 1 is 1.07 bits per heavy atom. The molecular weight excluding hydrogens is 352 g/mol. The normalized spacial score (nSPS) is 10.8. The van der Waals surface area contributed by atoms with Crippen molar-refractivity contribution in [2.75, 3.05) is 6.61 Å². The van der Waals surface area contributed by atoms with Crippen molar-refractivity contribution < 1.29 is 23.9 Å². The minimum atomic E-state index is -0.575. The maximum absolute atomic E-state index is 11.9. The summed E-state index contributed by atoms with van der Waals surface area (Å²) >= 11 is 0. The van der Waals surface area contributed by atoms with E-state index in [0.717, 1.165) is 0 Å². The van der Waals surface area contributed by atoms with Gasteiger partial charge in [0.15, 0.2) is 11.5 Å². The molecule has 144 valence electrons. The summed E-state index contributed by atoms with van der Waals surface area (Å²) < 4.78 is 16.5. The van der Waals surface area contributed by atoms with E-state index in [1.807, 2.05) is 27.7 Å². The van der Waals surface area contributed by atoms with Crippen molar-refractivity contribution in [1.82, 2.24) is 5.32 Å². The van der Waals surface area contributed by atoms with Gasteiger partial charge in [0.25, 0.3) is 5.69 Å². The van der Waals surface area contributed by atoms with Gasteiger partial charge in [0.2, 0.25) is 0 Å². The van der Waals surface area contributed by atoms with Crippen LogP contribution in [0.1, 0.15) is 27.7 Å². The summed E-state index contributed by atoms with van der Waals surface area (Å²) in [6.07, 6.45) is -0.575. The van der Waals surface area contributed by atoms with Crippen molar-refractivity contribution in [3.63, 3.8) is 0 Å². The highest BCUT2D eigenvalue weighted by atomic mass is 16.6. The molecule has 2 aromatic carbocycles. The van der Waals surface area contributed by atoms with Crippen molar-refractivity contribution >= 4 is 11.8 Å². The van der Waals surface area contributed by atoms with Crippen LogP contribution in [0.5, 0.6) is 23.0 Å². The van der Waals surface area contributed by atoms with Crippen molar-refractivity contribution in [2.24, 2.45) is 0 Å². The number of nitrogens with zero attached hydrogens (tertiary/aromatic N) is 1. The number of nitro groups is 1. The first-order chi connectivity index (χ1) is 12.7. The SMILES string of the molecule is CCOc1cc(OC(=O)NC(C)(C)C)ccc1Oc1ccc([N+](=O)[O-])cc1. The van der Waals surface area contributed by atoms with Gasteiger partial charge < -0.3 is 19.5 Å². The lowest BCUT2D eigenvalue weighted by Gasteiger charge is -2.20. The third-order valence-electron chi connectivity index (χ3n) is 3.18. The fourth-order valence-corrected chi connectivity index (χ4v) is 2.11. The lowest BCUT2D eigenvalue weighted by molar-refractivity contribution is -0.384. The van der Waals surface area contributed by atoms with E-state index in [0.29, 0.717) is 29.6 Å². The van der Waals surface area contributed by atoms with E-state index in [2.05, 4.69) is 5.32 Å². The maximum atomic E-state index is 11.9. The first-order valence-corrected chi connectivity index (χ1v) is 8.37. The molecule has 0 saturated carbocycles. The number of non-ortho nitro benzene ring substituents is 1. The zero-order valence-electron chi connectivity index (χ0n) is 15.6. The monoisotopic (exact) mass is 374 g/mol. The molecule has 0 aromatic heterocycles. The van der Waals surface area contributed by atoms with Gasteiger partial charge in [-0.2, -0.15) is 0 Å². The van der Waals surface area contributed by atoms with Gasteiger partial charge in [-0.1, -0.05) is 0 Å². The fourth-order valence-electron chi connectivity index (χ4n) is 2.11. The quantitative estimate of drug-likeness (QED) is 0.582. The third-order valence-corrected chi connectivity index (χ3v) is 3.18. The second-order valence-corrected chi connectivity index (χ2v) is 6.66. The van der Waals surface area contributed by atoms with Crippen molar-refractivity contribution in [2.45, 2.75) is 33.2 Å². The van der Waals surface area contributed by atoms with Gasteiger partial charge in [-0.15, -0.1) is 0 Å². The fraction of sp³-hybridized carbons (Fsp3) is 0.316. The van der Waals surface area contributed by atoms with Gasteiger partial charge in [0.1, 0.15) is 11.5 Å². The van der Waals surface area contributed by atoms with Crippen LogP contribution in [-0.2, 0) is 0 Å². The largest absolute Gasteiger partial charge is 0.490 e. The number of benzene rings is 2. The molecule has 0 saturated heterocycles. The summed E-state index contributed by atoms with van der Waals surface area (Å²) in [6.45, 7) is 7.74. The van der Waals surface area contributed by atoms with Crippen LogP contribution in [0.4, 0.5) is 10.5 Å². The Morgan fingerprint density at radius 2 is 1.70 bits per heavy atom. The van der Waals surface area contributed by atoms with E-state index in [1.165, 1.54) is 24.3 Å². The van der Waals surface area contributed by atoms with Crippen LogP contribution < -0.4 is 19.5 Å². The predicted molar refractivity (Wildman–Crippen MR) is 99.7 cm³/mol. The van der Waals surface area contributed by atoms with E-state index < -0.39 is 16.6 Å². The van der Waals surface area contributed by atoms with E-state index in [1.54, 1.807) is 18.2 Å². The Balaban J connectivity index is 2.17. The highest BCUT2D eigenvalue weighted by molar-refractivity contribution is 5.71. The molecule has 0 aliphatic heterocycles. The number of nitro benzene ring substituents is 1. The molecule has 27 heavy (non-hydrogen) atoms. The second-order valence-electron chi connectivity index (χ2n) is 6.66. The van der Waals surface area contributed by atoms with Gasteiger partial charge >= 0.3 is 6.09 Å². The summed E-state index contributed by atoms with van der Waals surface area (Å²) in [6, 6.07) is 10.4. The van der Waals surface area contributed by atoms with E-state index >= 15 is 0 Å². The molecule has 8 nitrogen and oxygen atoms in total. The van der Waals surface area contributed by atoms with Crippen LogP contribution in [0, 0.1) is 10.1 Å². The maximum Gasteiger partial charge on any atom is 0.413 e. The van der Waals surface area contributed by atoms with Crippen LogP contribution in [-0.4, -0.2) is 23.2 Å². The Bertz CT molecular complexity index is 812. The summed E-state index contributed by atoms with van der Waals surface area (Å²) in [7, 11) is 0. The molecule has 2 rings (SSSR count). The van der Waals surface area contributed by atoms with Gasteiger partial charge in [0, 0.05) is 23.7 Å². The highest BCUT2D eigenvalue weighted by Crippen LogP contribution is 2.35. The number of hydrogen-bond donors (Lipinski definition) is 1. The smallest absolute Gasteiger partial charge is 0.413 e. The van der Waals surface area contributed by atoms with Crippen molar-refractivity contribution in [3.05, 3.63) is 52.6 Å². The van der Waals surface area contributed by atoms with Crippen LogP contribution in [0.2, 0.25) is 0 Å². The number of rotatable bonds is 6. The minimum absolute atomic E-state index is 0.0269. The highest BCUT2D eigenvalue weighted by Gasteiger charge is 2.17. The molecule has 1 amide bonds. The van der Waals surface area contributed by atoms with Crippen LogP contribution in [0.3, 0.4) is 0 Å². The molecule has 0 aliphatic rings. The van der Waals surface area contributed by atoms with E-state index in [4.69, 9.17) is 14.2 Å². The van der Waals surface area contributed by atoms with Crippen LogP contribution in [0.25, 0.3) is 0 Å². The number of hydrogen-bond acceptors (Lipinski definition) is 6. The molecule has 0 fully saturated rings. The predicted octanol–water partition coefficient (Wildman–Crippen LogP) is 4.67. The van der Waals surface area contributed by atoms with E-state index in [9.17, 15) is 14.9 Å². The number of carbonyl (C=O) groups is 1. The Morgan fingerprint density at radius 3 is 2.26 bits per heavy atom. The zero-order chi connectivity index (χ0) is 20.0. The molecule has 0 radical (unpaired) electrons. The first kappa shape index (κ1) is 20.0. The van der Waals surface area contributed by atoms with E-state index in [-0.39, 0.29) is 5.69 Å². The summed E-state index contributed by atoms with van der Waals surface area (Å²) in [5, 5.41) is 13.4. The summed E-state index contributed by atoms with van der Waals surface area (Å²) in [5.41, 5.74) is -0.445. The molecular formula is C19H22N2O6. The summed E-state index contributed by atoms with van der Waals surface area (Å²) in [5.74, 6) is 1.50. The van der Waals surface area contributed by atoms with Gasteiger partial charge in [0.05, 0.1) is 11.5 Å². The van der Waals surface area contributed by atoms with Crippen LogP contribution in [0.15, 0.2) is 42.5 Å². The molecule has 1 N–H and O–H groups in total. The van der Waals surface area contributed by atoms with Crippen molar-refractivity contribution in [1.29, 1.82) is 0 Å². The number of amides is 1. The Hall–Kier alpha value is -3.29. The number of carbonyl (C=O) groups excluding carboxylic acids is 1. The zero-order valence-corrected chi connectivity index (χ0v) is 15.6. The summed E-state index contributed by atoms with van der Waals surface area (Å²) in [4.78, 5) is 22.1. The average molecular weight is 374 g/mol. The molecule has 0 atom stereocenters. The Kier molecular flexibility index (Phi) is 6.23. The first-order valence-electron chi connectivity index (χ1n) is 8.37. The van der Waals surface area contributed by atoms with Gasteiger partial charge in [-0.05, 0) is 52.0 Å². The third kappa shape index (κ3) is 6.18. The number of ether oxygens (including phenoxy) is 3. The van der Waals surface area contributed by atoms with Crippen LogP contribution >= 0.6 is 0 Å². The second kappa shape index (κ2) is 8.39. The van der Waals surface area contributed by atoms with Gasteiger partial charge in [-0.3, -0.25) is 10.1 Å². The molecule has 8 heteroatoms. The minimum Gasteiger partial charge on any atom is -0.490 e. The van der Waals surface area contributed by atoms with Gasteiger partial charge in [-0.25, -0.2) is 4.79 Å². The lowest BCUT2D eigenvalue weighted by atomic mass is 10.1. The standard InChI is InChI=1S/C19H22N2O6/c1-5-25-17-12-15(27-18(22)20-19(2,3)4)10-11-16(17)26-14-8-6-13(7-9-14)21(23)24/h6-12H,5H2,1-4H3,(H,20,22). The molecule has 0 bridgehead atoms. The topological polar surface area (TPSA) is 99.9 Å². The molecule has 0 heterocycles. The molecule has 2 aromatic rings. The molecule has 0 aliphatic carbocycles. The molecule has 0 unspecified atom stereocenters. The lowest BCUT2D eigenvalue weighted by Crippen LogP contribution is -2.42. The van der Waals surface area contributed by atoms with Crippen molar-refractivity contribution in [3.8, 4) is 23.0 Å². The Labute approximate surface area is 157 Å². The molecule has 0 spiro atoms. The average Bonchev–Trinajstić information content (AvgIpc) is 2.56.